The maximum Gasteiger partial charge on any atom is 0.240 e. The third-order valence-corrected chi connectivity index (χ3v) is 3.82. The second-order valence-corrected chi connectivity index (χ2v) is 7.63. The molecule has 5 nitrogen and oxygen atoms in total. The van der Waals surface area contributed by atoms with Gasteiger partial charge in [-0.1, -0.05) is 45.0 Å². The molecular weight excluding hydrogens is 314 g/mol. The van der Waals surface area contributed by atoms with Gasteiger partial charge in [-0.05, 0) is 25.0 Å². The molecule has 25 heavy (non-hydrogen) atoms. The number of carbonyl (C=O) groups excluding carboxylic acids is 1. The standard InChI is InChI=1S/C20H29N3O2/c1-15(2)25-13-17-8-6-16(7-9-17)10-21-19(24)12-23-11-18(22-14-23)20(3,4)5/h6-9,11,14-15H,10,12-13H2,1-5H3,(H,21,24). The van der Waals surface area contributed by atoms with Gasteiger partial charge in [0.15, 0.2) is 0 Å². The van der Waals surface area contributed by atoms with E-state index in [0.717, 1.165) is 16.8 Å². The first-order chi connectivity index (χ1) is 11.7. The van der Waals surface area contributed by atoms with Crippen LogP contribution in [0.4, 0.5) is 0 Å². The third kappa shape index (κ3) is 6.35. The maximum absolute atomic E-state index is 12.1. The first kappa shape index (κ1) is 19.2. The zero-order valence-corrected chi connectivity index (χ0v) is 15.9. The number of ether oxygens (including phenoxy) is 1. The van der Waals surface area contributed by atoms with Gasteiger partial charge < -0.3 is 14.6 Å². The third-order valence-electron chi connectivity index (χ3n) is 3.82. The summed E-state index contributed by atoms with van der Waals surface area (Å²) in [5.41, 5.74) is 3.18. The molecule has 0 radical (unpaired) electrons. The fraction of sp³-hybridized carbons (Fsp3) is 0.500. The van der Waals surface area contributed by atoms with Crippen LogP contribution in [0.15, 0.2) is 36.8 Å². The van der Waals surface area contributed by atoms with Crippen molar-refractivity contribution in [1.82, 2.24) is 14.9 Å². The maximum atomic E-state index is 12.1. The van der Waals surface area contributed by atoms with E-state index in [2.05, 4.69) is 31.1 Å². The van der Waals surface area contributed by atoms with Crippen LogP contribution in [0.3, 0.4) is 0 Å². The number of hydrogen-bond donors (Lipinski definition) is 1. The molecular formula is C20H29N3O2. The molecule has 1 heterocycles. The average molecular weight is 343 g/mol. The molecule has 0 unspecified atom stereocenters. The largest absolute Gasteiger partial charge is 0.374 e. The van der Waals surface area contributed by atoms with Crippen LogP contribution in [0.5, 0.6) is 0 Å². The summed E-state index contributed by atoms with van der Waals surface area (Å²) in [6.07, 6.45) is 3.87. The van der Waals surface area contributed by atoms with Crippen molar-refractivity contribution in [3.8, 4) is 0 Å². The van der Waals surface area contributed by atoms with Crippen molar-refractivity contribution in [2.75, 3.05) is 0 Å². The van der Waals surface area contributed by atoms with Crippen LogP contribution >= 0.6 is 0 Å². The number of carbonyl (C=O) groups is 1. The summed E-state index contributed by atoms with van der Waals surface area (Å²) in [4.78, 5) is 16.5. The van der Waals surface area contributed by atoms with E-state index in [1.165, 1.54) is 0 Å². The fourth-order valence-corrected chi connectivity index (χ4v) is 2.27. The van der Waals surface area contributed by atoms with Crippen LogP contribution in [0.1, 0.15) is 51.4 Å². The van der Waals surface area contributed by atoms with E-state index in [9.17, 15) is 4.79 Å². The van der Waals surface area contributed by atoms with Crippen LogP contribution in [-0.4, -0.2) is 21.6 Å². The van der Waals surface area contributed by atoms with Crippen molar-refractivity contribution in [1.29, 1.82) is 0 Å². The van der Waals surface area contributed by atoms with Gasteiger partial charge in [0, 0.05) is 18.2 Å². The Morgan fingerprint density at radius 3 is 2.40 bits per heavy atom. The van der Waals surface area contributed by atoms with Crippen molar-refractivity contribution >= 4 is 5.91 Å². The van der Waals surface area contributed by atoms with Gasteiger partial charge in [-0.15, -0.1) is 0 Å². The molecule has 0 aliphatic heterocycles. The monoisotopic (exact) mass is 343 g/mol. The highest BCUT2D eigenvalue weighted by Crippen LogP contribution is 2.19. The molecule has 136 valence electrons. The van der Waals surface area contributed by atoms with Gasteiger partial charge in [0.2, 0.25) is 5.91 Å². The SMILES string of the molecule is CC(C)OCc1ccc(CNC(=O)Cn2cnc(C(C)(C)C)c2)cc1. The van der Waals surface area contributed by atoms with E-state index in [4.69, 9.17) is 4.74 Å². The number of nitrogens with zero attached hydrogens (tertiary/aromatic N) is 2. The molecule has 0 bridgehead atoms. The zero-order valence-electron chi connectivity index (χ0n) is 15.9. The Balaban J connectivity index is 1.80. The van der Waals surface area contributed by atoms with Crippen molar-refractivity contribution < 1.29 is 9.53 Å². The van der Waals surface area contributed by atoms with Crippen LogP contribution in [0.25, 0.3) is 0 Å². The summed E-state index contributed by atoms with van der Waals surface area (Å²) in [6, 6.07) is 8.12. The molecule has 0 saturated heterocycles. The Morgan fingerprint density at radius 1 is 1.20 bits per heavy atom. The highest BCUT2D eigenvalue weighted by Gasteiger charge is 2.17. The molecule has 0 aliphatic carbocycles. The zero-order chi connectivity index (χ0) is 18.4. The van der Waals surface area contributed by atoms with Gasteiger partial charge in [0.25, 0.3) is 0 Å². The van der Waals surface area contributed by atoms with E-state index >= 15 is 0 Å². The molecule has 1 aromatic carbocycles. The molecule has 0 fully saturated rings. The van der Waals surface area contributed by atoms with Gasteiger partial charge in [-0.3, -0.25) is 4.79 Å². The van der Waals surface area contributed by atoms with Crippen molar-refractivity contribution in [3.05, 3.63) is 53.6 Å². The van der Waals surface area contributed by atoms with Gasteiger partial charge in [-0.2, -0.15) is 0 Å². The first-order valence-corrected chi connectivity index (χ1v) is 8.72. The predicted molar refractivity (Wildman–Crippen MR) is 99.1 cm³/mol. The summed E-state index contributed by atoms with van der Waals surface area (Å²) in [6.45, 7) is 11.8. The van der Waals surface area contributed by atoms with Gasteiger partial charge in [0.1, 0.15) is 6.54 Å². The Hall–Kier alpha value is -2.14. The number of hydrogen-bond acceptors (Lipinski definition) is 3. The molecule has 1 N–H and O–H groups in total. The van der Waals surface area contributed by atoms with E-state index in [1.807, 2.05) is 48.9 Å². The van der Waals surface area contributed by atoms with Crippen LogP contribution in [-0.2, 0) is 34.6 Å². The first-order valence-electron chi connectivity index (χ1n) is 8.72. The smallest absolute Gasteiger partial charge is 0.240 e. The molecule has 0 atom stereocenters. The lowest BCUT2D eigenvalue weighted by molar-refractivity contribution is -0.121. The van der Waals surface area contributed by atoms with E-state index in [1.54, 1.807) is 6.33 Å². The lowest BCUT2D eigenvalue weighted by atomic mass is 9.93. The van der Waals surface area contributed by atoms with Crippen LogP contribution in [0, 0.1) is 0 Å². The summed E-state index contributed by atoms with van der Waals surface area (Å²) in [5.74, 6) is -0.0231. The summed E-state index contributed by atoms with van der Waals surface area (Å²) in [5, 5.41) is 2.95. The van der Waals surface area contributed by atoms with E-state index < -0.39 is 0 Å². The quantitative estimate of drug-likeness (QED) is 0.838. The lowest BCUT2D eigenvalue weighted by Gasteiger charge is -2.14. The minimum absolute atomic E-state index is 0.0112. The molecule has 2 rings (SSSR count). The Morgan fingerprint density at radius 2 is 1.84 bits per heavy atom. The Bertz CT molecular complexity index is 682. The number of benzene rings is 1. The number of rotatable bonds is 7. The van der Waals surface area contributed by atoms with Gasteiger partial charge in [0.05, 0.1) is 24.7 Å². The highest BCUT2D eigenvalue weighted by molar-refractivity contribution is 5.75. The number of nitrogens with one attached hydrogen (secondary N) is 1. The summed E-state index contributed by atoms with van der Waals surface area (Å²) >= 11 is 0. The minimum Gasteiger partial charge on any atom is -0.374 e. The number of aromatic nitrogens is 2. The highest BCUT2D eigenvalue weighted by atomic mass is 16.5. The predicted octanol–water partition coefficient (Wildman–Crippen LogP) is 3.42. The Kier molecular flexibility index (Phi) is 6.37. The van der Waals surface area contributed by atoms with E-state index in [0.29, 0.717) is 13.2 Å². The molecule has 5 heteroatoms. The fourth-order valence-electron chi connectivity index (χ4n) is 2.27. The molecule has 0 aliphatic rings. The lowest BCUT2D eigenvalue weighted by Crippen LogP contribution is -2.26. The summed E-state index contributed by atoms with van der Waals surface area (Å²) in [7, 11) is 0. The van der Waals surface area contributed by atoms with Crippen molar-refractivity contribution in [2.24, 2.45) is 0 Å². The normalized spacial score (nSPS) is 11.8. The molecule has 1 aromatic heterocycles. The molecule has 0 spiro atoms. The molecule has 0 saturated carbocycles. The van der Waals surface area contributed by atoms with Crippen LogP contribution in [0.2, 0.25) is 0 Å². The second-order valence-electron chi connectivity index (χ2n) is 7.63. The van der Waals surface area contributed by atoms with Crippen molar-refractivity contribution in [2.45, 2.75) is 65.8 Å². The topological polar surface area (TPSA) is 56.1 Å². The summed E-state index contributed by atoms with van der Waals surface area (Å²) < 4.78 is 7.40. The number of imidazole rings is 1. The van der Waals surface area contributed by atoms with Crippen molar-refractivity contribution in [3.63, 3.8) is 0 Å². The molecule has 1 amide bonds. The van der Waals surface area contributed by atoms with E-state index in [-0.39, 0.29) is 24.0 Å². The van der Waals surface area contributed by atoms with Gasteiger partial charge >= 0.3 is 0 Å². The second kappa shape index (κ2) is 8.30. The van der Waals surface area contributed by atoms with Gasteiger partial charge in [-0.25, -0.2) is 4.98 Å². The minimum atomic E-state index is -0.0231. The van der Waals surface area contributed by atoms with Crippen LogP contribution < -0.4 is 5.32 Å². The Labute approximate surface area is 150 Å². The number of amides is 1. The average Bonchev–Trinajstić information content (AvgIpc) is 3.00. The molecule has 2 aromatic rings.